The summed E-state index contributed by atoms with van der Waals surface area (Å²) in [5.74, 6) is 0.469. The number of rotatable bonds is 3. The second-order valence-electron chi connectivity index (χ2n) is 5.57. The van der Waals surface area contributed by atoms with Gasteiger partial charge in [-0.3, -0.25) is 4.79 Å². The molecule has 1 aromatic carbocycles. The fourth-order valence-corrected chi connectivity index (χ4v) is 2.78. The first-order valence-electron chi connectivity index (χ1n) is 7.37. The first-order valence-corrected chi connectivity index (χ1v) is 7.37. The van der Waals surface area contributed by atoms with Gasteiger partial charge in [-0.15, -0.1) is 0 Å². The number of aliphatic hydroxyl groups excluding tert-OH is 2. The highest BCUT2D eigenvalue weighted by atomic mass is 16.3. The lowest BCUT2D eigenvalue weighted by atomic mass is 9.94. The smallest absolute Gasteiger partial charge is 0.253 e. The number of aromatic amines is 1. The van der Waals surface area contributed by atoms with Crippen LogP contribution in [0.15, 0.2) is 36.7 Å². The molecule has 0 bridgehead atoms. The number of carbonyl (C=O) groups is 1. The number of β-amino-alcohol motifs (C(OH)–C–C–N with tert-alkyl or cyclic N) is 1. The van der Waals surface area contributed by atoms with Crippen molar-refractivity contribution in [3.8, 4) is 11.4 Å². The summed E-state index contributed by atoms with van der Waals surface area (Å²) in [4.78, 5) is 21.4. The van der Waals surface area contributed by atoms with Crippen LogP contribution < -0.4 is 0 Å². The van der Waals surface area contributed by atoms with Gasteiger partial charge in [-0.1, -0.05) is 12.1 Å². The minimum Gasteiger partial charge on any atom is -0.396 e. The number of amides is 1. The predicted molar refractivity (Wildman–Crippen MR) is 81.1 cm³/mol. The van der Waals surface area contributed by atoms with Crippen LogP contribution in [0.3, 0.4) is 0 Å². The Kier molecular flexibility index (Phi) is 4.22. The van der Waals surface area contributed by atoms with Gasteiger partial charge in [0.1, 0.15) is 5.82 Å². The van der Waals surface area contributed by atoms with Crippen molar-refractivity contribution in [1.82, 2.24) is 14.9 Å². The molecular formula is C16H19N3O3. The second-order valence-corrected chi connectivity index (χ2v) is 5.57. The Morgan fingerprint density at radius 2 is 2.32 bits per heavy atom. The maximum atomic E-state index is 12.6. The van der Waals surface area contributed by atoms with Crippen molar-refractivity contribution in [1.29, 1.82) is 0 Å². The minimum absolute atomic E-state index is 0.0445. The van der Waals surface area contributed by atoms with Gasteiger partial charge in [0.2, 0.25) is 0 Å². The van der Waals surface area contributed by atoms with E-state index in [2.05, 4.69) is 9.97 Å². The molecule has 1 saturated heterocycles. The standard InChI is InChI=1S/C16H19N3O3/c20-10-13-4-7-19(9-14(13)21)16(22)12-3-1-2-11(8-12)15-17-5-6-18-15/h1-3,5-6,8,13-14,20-21H,4,7,9-10H2,(H,17,18)/t13-,14+/m1/s1. The van der Waals surface area contributed by atoms with Crippen molar-refractivity contribution in [2.45, 2.75) is 12.5 Å². The number of H-pyrrole nitrogens is 1. The Morgan fingerprint density at radius 1 is 1.45 bits per heavy atom. The van der Waals surface area contributed by atoms with E-state index in [1.54, 1.807) is 29.4 Å². The Morgan fingerprint density at radius 3 is 3.00 bits per heavy atom. The molecular weight excluding hydrogens is 282 g/mol. The van der Waals surface area contributed by atoms with Crippen molar-refractivity contribution >= 4 is 5.91 Å². The molecule has 116 valence electrons. The summed E-state index contributed by atoms with van der Waals surface area (Å²) in [6, 6.07) is 7.27. The molecule has 1 aromatic heterocycles. The van der Waals surface area contributed by atoms with Gasteiger partial charge in [0, 0.05) is 49.1 Å². The average Bonchev–Trinajstić information content (AvgIpc) is 3.09. The number of hydrogen-bond donors (Lipinski definition) is 3. The van der Waals surface area contributed by atoms with E-state index in [1.165, 1.54) is 0 Å². The molecule has 0 radical (unpaired) electrons. The monoisotopic (exact) mass is 301 g/mol. The van der Waals surface area contributed by atoms with Crippen molar-refractivity contribution in [3.63, 3.8) is 0 Å². The van der Waals surface area contributed by atoms with Gasteiger partial charge in [-0.2, -0.15) is 0 Å². The van der Waals surface area contributed by atoms with Crippen LogP contribution in [-0.4, -0.2) is 56.8 Å². The van der Waals surface area contributed by atoms with Gasteiger partial charge in [-0.25, -0.2) is 4.98 Å². The fraction of sp³-hybridized carbons (Fsp3) is 0.375. The maximum Gasteiger partial charge on any atom is 0.253 e. The van der Waals surface area contributed by atoms with Crippen molar-refractivity contribution < 1.29 is 15.0 Å². The van der Waals surface area contributed by atoms with Crippen LogP contribution in [0.1, 0.15) is 16.8 Å². The van der Waals surface area contributed by atoms with Gasteiger partial charge in [0.15, 0.2) is 0 Å². The molecule has 0 saturated carbocycles. The predicted octanol–water partition coefficient (Wildman–Crippen LogP) is 0.892. The van der Waals surface area contributed by atoms with E-state index in [4.69, 9.17) is 0 Å². The molecule has 1 aliphatic rings. The van der Waals surface area contributed by atoms with Gasteiger partial charge in [0.05, 0.1) is 6.10 Å². The van der Waals surface area contributed by atoms with Crippen LogP contribution in [0, 0.1) is 5.92 Å². The summed E-state index contributed by atoms with van der Waals surface area (Å²) in [5.41, 5.74) is 1.42. The SMILES string of the molecule is O=C(c1cccc(-c2ncc[nH]2)c1)N1CC[C@H](CO)[C@@H](O)C1. The van der Waals surface area contributed by atoms with Crippen LogP contribution in [0.25, 0.3) is 11.4 Å². The number of nitrogens with zero attached hydrogens (tertiary/aromatic N) is 2. The van der Waals surface area contributed by atoms with E-state index in [-0.39, 0.29) is 25.0 Å². The number of aromatic nitrogens is 2. The number of piperidine rings is 1. The summed E-state index contributed by atoms with van der Waals surface area (Å²) >= 11 is 0. The zero-order chi connectivity index (χ0) is 15.5. The van der Waals surface area contributed by atoms with Crippen LogP contribution in [0.5, 0.6) is 0 Å². The van der Waals surface area contributed by atoms with Crippen molar-refractivity contribution in [3.05, 3.63) is 42.2 Å². The Balaban J connectivity index is 1.77. The van der Waals surface area contributed by atoms with E-state index < -0.39 is 6.10 Å². The highest BCUT2D eigenvalue weighted by Gasteiger charge is 2.30. The first kappa shape index (κ1) is 14.7. The van der Waals surface area contributed by atoms with E-state index in [0.717, 1.165) is 5.56 Å². The van der Waals surface area contributed by atoms with E-state index in [1.807, 2.05) is 12.1 Å². The molecule has 22 heavy (non-hydrogen) atoms. The van der Waals surface area contributed by atoms with Gasteiger partial charge in [0.25, 0.3) is 5.91 Å². The third-order valence-corrected chi connectivity index (χ3v) is 4.12. The number of benzene rings is 1. The molecule has 0 aliphatic carbocycles. The lowest BCUT2D eigenvalue weighted by Crippen LogP contribution is -2.47. The van der Waals surface area contributed by atoms with Gasteiger partial charge < -0.3 is 20.1 Å². The molecule has 3 N–H and O–H groups in total. The second kappa shape index (κ2) is 6.29. The molecule has 1 aliphatic heterocycles. The lowest BCUT2D eigenvalue weighted by Gasteiger charge is -2.35. The first-order chi connectivity index (χ1) is 10.7. The summed E-state index contributed by atoms with van der Waals surface area (Å²) in [5, 5.41) is 19.1. The fourth-order valence-electron chi connectivity index (χ4n) is 2.78. The summed E-state index contributed by atoms with van der Waals surface area (Å²) in [6.45, 7) is 0.762. The number of hydrogen-bond acceptors (Lipinski definition) is 4. The number of carbonyl (C=O) groups excluding carboxylic acids is 1. The Hall–Kier alpha value is -2.18. The van der Waals surface area contributed by atoms with Crippen LogP contribution in [0.4, 0.5) is 0 Å². The number of imidazole rings is 1. The molecule has 1 amide bonds. The molecule has 2 atom stereocenters. The van der Waals surface area contributed by atoms with E-state index >= 15 is 0 Å². The van der Waals surface area contributed by atoms with Crippen molar-refractivity contribution in [2.75, 3.05) is 19.7 Å². The van der Waals surface area contributed by atoms with Crippen LogP contribution in [-0.2, 0) is 0 Å². The van der Waals surface area contributed by atoms with Gasteiger partial charge in [-0.05, 0) is 18.6 Å². The summed E-state index contributed by atoms with van der Waals surface area (Å²) in [6.07, 6.45) is 3.34. The van der Waals surface area contributed by atoms with Crippen molar-refractivity contribution in [2.24, 2.45) is 5.92 Å². The number of nitrogens with one attached hydrogen (secondary N) is 1. The molecule has 1 fully saturated rings. The molecule has 2 heterocycles. The highest BCUT2D eigenvalue weighted by molar-refractivity contribution is 5.95. The normalized spacial score (nSPS) is 21.8. The number of likely N-dealkylation sites (tertiary alicyclic amines) is 1. The zero-order valence-electron chi connectivity index (χ0n) is 12.1. The molecule has 6 heteroatoms. The van der Waals surface area contributed by atoms with Crippen LogP contribution in [0.2, 0.25) is 0 Å². The quantitative estimate of drug-likeness (QED) is 0.785. The van der Waals surface area contributed by atoms with E-state index in [0.29, 0.717) is 24.4 Å². The highest BCUT2D eigenvalue weighted by Crippen LogP contribution is 2.21. The summed E-state index contributed by atoms with van der Waals surface area (Å²) in [7, 11) is 0. The number of aliphatic hydroxyl groups is 2. The molecule has 0 spiro atoms. The van der Waals surface area contributed by atoms with Crippen LogP contribution >= 0.6 is 0 Å². The third-order valence-electron chi connectivity index (χ3n) is 4.12. The molecule has 3 rings (SSSR count). The zero-order valence-corrected chi connectivity index (χ0v) is 12.1. The Bertz CT molecular complexity index is 642. The lowest BCUT2D eigenvalue weighted by molar-refractivity contribution is 0.000879. The largest absolute Gasteiger partial charge is 0.396 e. The average molecular weight is 301 g/mol. The maximum absolute atomic E-state index is 12.6. The molecule has 0 unspecified atom stereocenters. The summed E-state index contributed by atoms with van der Waals surface area (Å²) < 4.78 is 0. The van der Waals surface area contributed by atoms with Gasteiger partial charge >= 0.3 is 0 Å². The topological polar surface area (TPSA) is 89.5 Å². The van der Waals surface area contributed by atoms with E-state index in [9.17, 15) is 15.0 Å². The Labute approximate surface area is 128 Å². The molecule has 2 aromatic rings. The molecule has 6 nitrogen and oxygen atoms in total. The minimum atomic E-state index is -0.670. The third kappa shape index (κ3) is 2.88.